The van der Waals surface area contributed by atoms with Gasteiger partial charge in [0.05, 0.1) is 31.9 Å². The number of ether oxygens (including phenoxy) is 2. The van der Waals surface area contributed by atoms with Crippen molar-refractivity contribution in [3.8, 4) is 16.9 Å². The molecule has 3 aliphatic carbocycles. The molecule has 1 saturated heterocycles. The lowest BCUT2D eigenvalue weighted by Gasteiger charge is -2.62. The van der Waals surface area contributed by atoms with Crippen molar-refractivity contribution in [3.05, 3.63) is 83.4 Å². The lowest BCUT2D eigenvalue weighted by Crippen LogP contribution is -2.62. The average molecular weight is 771 g/mol. The van der Waals surface area contributed by atoms with E-state index in [4.69, 9.17) is 14.3 Å². The molecule has 3 saturated carbocycles. The minimum atomic E-state index is -0.908. The molecule has 3 N–H and O–H groups in total. The first-order chi connectivity index (χ1) is 26.6. The molecule has 4 aliphatic rings. The van der Waals surface area contributed by atoms with E-state index in [1.54, 1.807) is 19.1 Å². The fourth-order valence-electron chi connectivity index (χ4n) is 9.62. The van der Waals surface area contributed by atoms with Crippen LogP contribution in [0.15, 0.2) is 66.7 Å². The van der Waals surface area contributed by atoms with Crippen molar-refractivity contribution >= 4 is 17.6 Å². The number of rotatable bonds is 15. The smallest absolute Gasteiger partial charge is 0.338 e. The number of nitrogens with zero attached hydrogens (tertiary/aromatic N) is 3. The Balaban J connectivity index is 1.28. The van der Waals surface area contributed by atoms with Gasteiger partial charge >= 0.3 is 5.97 Å². The maximum absolute atomic E-state index is 14.3. The van der Waals surface area contributed by atoms with Crippen LogP contribution in [0, 0.1) is 29.1 Å². The second-order valence-corrected chi connectivity index (χ2v) is 17.4. The lowest BCUT2D eigenvalue weighted by atomic mass is 9.45. The van der Waals surface area contributed by atoms with E-state index in [0.29, 0.717) is 42.0 Å². The number of esters is 1. The van der Waals surface area contributed by atoms with E-state index in [1.807, 2.05) is 105 Å². The predicted molar refractivity (Wildman–Crippen MR) is 218 cm³/mol. The van der Waals surface area contributed by atoms with Gasteiger partial charge in [-0.3, -0.25) is 9.63 Å². The summed E-state index contributed by atoms with van der Waals surface area (Å²) in [6.45, 7) is 8.93. The fraction of sp³-hybridized carbons (Fsp3) is 0.556. The van der Waals surface area contributed by atoms with Gasteiger partial charge in [0.1, 0.15) is 24.0 Å². The summed E-state index contributed by atoms with van der Waals surface area (Å²) in [6.07, 6.45) is 0.678. The lowest BCUT2D eigenvalue weighted by molar-refractivity contribution is -0.183. The quantitative estimate of drug-likeness (QED) is 0.173. The van der Waals surface area contributed by atoms with Crippen LogP contribution in [0.4, 0.5) is 5.69 Å². The highest BCUT2D eigenvalue weighted by Crippen LogP contribution is 2.61. The van der Waals surface area contributed by atoms with Crippen molar-refractivity contribution in [2.45, 2.75) is 83.9 Å². The van der Waals surface area contributed by atoms with Crippen LogP contribution >= 0.6 is 0 Å². The second kappa shape index (κ2) is 17.2. The van der Waals surface area contributed by atoms with E-state index >= 15 is 0 Å². The third-order valence-corrected chi connectivity index (χ3v) is 12.8. The number of para-hydroxylation sites is 1. The largest absolute Gasteiger partial charge is 0.496 e. The van der Waals surface area contributed by atoms with E-state index in [0.717, 1.165) is 34.4 Å². The van der Waals surface area contributed by atoms with Crippen LogP contribution in [0.5, 0.6) is 5.75 Å². The van der Waals surface area contributed by atoms with Crippen molar-refractivity contribution in [2.75, 3.05) is 53.4 Å². The summed E-state index contributed by atoms with van der Waals surface area (Å²) in [5, 5.41) is 26.3. The Hall–Kier alpha value is -4.00. The highest BCUT2D eigenvalue weighted by molar-refractivity contribution is 5.93. The van der Waals surface area contributed by atoms with Crippen molar-refractivity contribution in [1.82, 2.24) is 15.3 Å². The van der Waals surface area contributed by atoms with Crippen molar-refractivity contribution in [2.24, 2.45) is 29.1 Å². The van der Waals surface area contributed by atoms with Gasteiger partial charge < -0.3 is 34.8 Å². The minimum absolute atomic E-state index is 0.0307. The van der Waals surface area contributed by atoms with Crippen LogP contribution in [0.3, 0.4) is 0 Å². The number of benzene rings is 3. The molecule has 3 aromatic carbocycles. The number of aliphatic hydroxyl groups excluding tert-OH is 2. The number of likely N-dealkylation sites (N-methyl/N-ethyl adjacent to an activating group) is 1. The second-order valence-electron chi connectivity index (χ2n) is 17.4. The predicted octanol–water partition coefficient (Wildman–Crippen LogP) is 5.42. The number of methoxy groups -OCH3 is 1. The van der Waals surface area contributed by atoms with Crippen LogP contribution in [-0.4, -0.2) is 111 Å². The van der Waals surface area contributed by atoms with Gasteiger partial charge in [0.25, 0.3) is 0 Å². The summed E-state index contributed by atoms with van der Waals surface area (Å²) in [4.78, 5) is 38.5. The molecule has 3 aromatic rings. The number of fused-ring (bicyclic) bond motifs is 2. The summed E-state index contributed by atoms with van der Waals surface area (Å²) >= 11 is 0. The molecule has 11 nitrogen and oxygen atoms in total. The Bertz CT molecular complexity index is 1830. The van der Waals surface area contributed by atoms with Gasteiger partial charge in [0.2, 0.25) is 5.91 Å². The zero-order valence-corrected chi connectivity index (χ0v) is 34.6. The van der Waals surface area contributed by atoms with Gasteiger partial charge in [-0.15, -0.1) is 0 Å². The summed E-state index contributed by atoms with van der Waals surface area (Å²) in [5.74, 6) is 0.727. The third kappa shape index (κ3) is 8.62. The number of hydrogen-bond donors (Lipinski definition) is 3. The maximum atomic E-state index is 14.3. The van der Waals surface area contributed by atoms with Gasteiger partial charge in [-0.2, -0.15) is 5.06 Å². The Morgan fingerprint density at radius 1 is 1.04 bits per heavy atom. The van der Waals surface area contributed by atoms with Gasteiger partial charge in [-0.25, -0.2) is 4.79 Å². The Labute approximate surface area is 332 Å². The molecule has 1 heterocycles. The van der Waals surface area contributed by atoms with E-state index < -0.39 is 30.1 Å². The Morgan fingerprint density at radius 3 is 2.38 bits per heavy atom. The summed E-state index contributed by atoms with van der Waals surface area (Å²) < 4.78 is 12.3. The maximum Gasteiger partial charge on any atom is 0.338 e. The molecule has 0 radical (unpaired) electrons. The van der Waals surface area contributed by atoms with Crippen LogP contribution in [-0.2, 0) is 27.3 Å². The number of nitrogens with one attached hydrogen (secondary N) is 1. The van der Waals surface area contributed by atoms with Crippen LogP contribution < -0.4 is 15.0 Å². The monoisotopic (exact) mass is 770 g/mol. The third-order valence-electron chi connectivity index (χ3n) is 12.8. The number of carbonyl (C=O) groups is 2. The number of hydroxylamine groups is 2. The van der Waals surface area contributed by atoms with Gasteiger partial charge in [0, 0.05) is 55.8 Å². The van der Waals surface area contributed by atoms with Crippen LogP contribution in [0.25, 0.3) is 11.1 Å². The van der Waals surface area contributed by atoms with Crippen LogP contribution in [0.2, 0.25) is 0 Å². The molecular weight excluding hydrogens is 709 g/mol. The normalized spacial score (nSPS) is 26.6. The molecule has 0 spiro atoms. The molecule has 9 atom stereocenters. The summed E-state index contributed by atoms with van der Waals surface area (Å²) in [6, 6.07) is 20.7. The zero-order chi connectivity index (χ0) is 40.5. The molecule has 11 heteroatoms. The highest BCUT2D eigenvalue weighted by Gasteiger charge is 2.57. The van der Waals surface area contributed by atoms with Gasteiger partial charge in [-0.05, 0) is 86.4 Å². The first-order valence-electron chi connectivity index (χ1n) is 20.0. The topological polar surface area (TPSA) is 124 Å². The Morgan fingerprint density at radius 2 is 1.77 bits per heavy atom. The number of carbonyl (C=O) groups excluding carboxylic acids is 2. The molecular formula is C45H62N4O7. The Kier molecular flexibility index (Phi) is 12.8. The zero-order valence-electron chi connectivity index (χ0n) is 34.6. The van der Waals surface area contributed by atoms with Gasteiger partial charge in [-0.1, -0.05) is 69.3 Å². The number of hydrogen-bond acceptors (Lipinski definition) is 10. The molecule has 1 amide bonds. The standard InChI is InChI=1S/C45H62N4O7/c1-27-37-22-33(45(37,3)4)23-38(27)46-43(52)41-40(28(2)51)39(26-50)56-49(41)24-30-16-13-17-36(42(30)54-9)31-19-32(21-34(20-31)48(7)8)44(53)55-35(25-47(5)6)18-29-14-11-10-12-15-29/h10-17,19-21,27-28,33,35,37-41,50-51H,18,22-26H2,1-9H3,(H,46,52)/t27-,28-,33+,35?,37-,38-,39-,40-,41-/m0/s1. The van der Waals surface area contributed by atoms with Crippen molar-refractivity contribution in [3.63, 3.8) is 0 Å². The molecule has 1 aliphatic heterocycles. The van der Waals surface area contributed by atoms with Crippen LogP contribution in [0.1, 0.15) is 62.0 Å². The first-order valence-corrected chi connectivity index (χ1v) is 20.0. The van der Waals surface area contributed by atoms with E-state index in [9.17, 15) is 19.8 Å². The van der Waals surface area contributed by atoms with Crippen molar-refractivity contribution in [1.29, 1.82) is 0 Å². The molecule has 0 aromatic heterocycles. The SMILES string of the molecule is COc1c(CN2O[C@@H](CO)[C@H]([C@H](C)O)[C@H]2C(=O)N[C@H]2C[C@H]3C[C@@H]([C@@H]2C)C3(C)C)cccc1-c1cc(C(=O)OC(Cc2ccccc2)CN(C)C)cc(N(C)C)c1. The minimum Gasteiger partial charge on any atom is -0.496 e. The van der Waals surface area contributed by atoms with E-state index in [2.05, 4.69) is 26.1 Å². The highest BCUT2D eigenvalue weighted by atomic mass is 16.7. The van der Waals surface area contributed by atoms with Crippen molar-refractivity contribution < 1.29 is 34.1 Å². The number of amides is 1. The summed E-state index contributed by atoms with van der Waals surface area (Å²) in [7, 11) is 9.38. The molecule has 4 fully saturated rings. The molecule has 7 rings (SSSR count). The average Bonchev–Trinajstić information content (AvgIpc) is 3.53. The van der Waals surface area contributed by atoms with Gasteiger partial charge in [0.15, 0.2) is 0 Å². The van der Waals surface area contributed by atoms with E-state index in [-0.39, 0.29) is 36.6 Å². The fourth-order valence-corrected chi connectivity index (χ4v) is 9.62. The number of aliphatic hydroxyl groups is 2. The summed E-state index contributed by atoms with van der Waals surface area (Å²) in [5.41, 5.74) is 4.85. The molecule has 56 heavy (non-hydrogen) atoms. The van der Waals surface area contributed by atoms with E-state index in [1.165, 1.54) is 6.42 Å². The number of anilines is 1. The molecule has 2 bridgehead atoms. The molecule has 1 unspecified atom stereocenters. The molecule has 304 valence electrons. The first kappa shape index (κ1) is 41.6.